The molecule has 0 saturated heterocycles. The molecular formula is C16H17NO2. The normalized spacial score (nSPS) is 10.0. The van der Waals surface area contributed by atoms with Crippen LogP contribution in [0.2, 0.25) is 0 Å². The lowest BCUT2D eigenvalue weighted by Gasteiger charge is -2.19. The van der Waals surface area contributed by atoms with Crippen LogP contribution in [0.5, 0.6) is 0 Å². The van der Waals surface area contributed by atoms with Gasteiger partial charge < -0.3 is 9.64 Å². The summed E-state index contributed by atoms with van der Waals surface area (Å²) >= 11 is 0. The molecule has 19 heavy (non-hydrogen) atoms. The standard InChI is InChI=1S/C16H17NO2/c1-17(12-13-6-4-3-5-7-13)15-10-8-14(9-11-15)16(18)19-2/h3-11H,12H2,1-2H3. The lowest BCUT2D eigenvalue weighted by atomic mass is 10.1. The second-order valence-electron chi connectivity index (χ2n) is 4.38. The van der Waals surface area contributed by atoms with Gasteiger partial charge in [0.15, 0.2) is 0 Å². The zero-order valence-electron chi connectivity index (χ0n) is 11.2. The zero-order chi connectivity index (χ0) is 13.7. The Morgan fingerprint density at radius 1 is 1.05 bits per heavy atom. The minimum Gasteiger partial charge on any atom is -0.465 e. The molecule has 2 aromatic carbocycles. The predicted molar refractivity (Wildman–Crippen MR) is 76.3 cm³/mol. The largest absolute Gasteiger partial charge is 0.465 e. The van der Waals surface area contributed by atoms with Gasteiger partial charge in [-0.05, 0) is 29.8 Å². The van der Waals surface area contributed by atoms with Crippen LogP contribution in [-0.4, -0.2) is 20.1 Å². The molecule has 0 spiro atoms. The second-order valence-corrected chi connectivity index (χ2v) is 4.38. The van der Waals surface area contributed by atoms with Crippen LogP contribution in [0.15, 0.2) is 54.6 Å². The lowest BCUT2D eigenvalue weighted by molar-refractivity contribution is 0.0601. The highest BCUT2D eigenvalue weighted by molar-refractivity contribution is 5.89. The maximum atomic E-state index is 11.3. The fourth-order valence-electron chi connectivity index (χ4n) is 1.92. The Balaban J connectivity index is 2.07. The Morgan fingerprint density at radius 3 is 2.26 bits per heavy atom. The van der Waals surface area contributed by atoms with Crippen LogP contribution in [0.25, 0.3) is 0 Å². The van der Waals surface area contributed by atoms with Gasteiger partial charge in [-0.25, -0.2) is 4.79 Å². The number of carbonyl (C=O) groups excluding carboxylic acids is 1. The third kappa shape index (κ3) is 3.35. The van der Waals surface area contributed by atoms with E-state index in [0.717, 1.165) is 12.2 Å². The molecule has 3 nitrogen and oxygen atoms in total. The number of anilines is 1. The number of ether oxygens (including phenoxy) is 1. The molecule has 0 N–H and O–H groups in total. The van der Waals surface area contributed by atoms with E-state index in [4.69, 9.17) is 0 Å². The van der Waals surface area contributed by atoms with Gasteiger partial charge in [0.05, 0.1) is 12.7 Å². The molecule has 0 heterocycles. The first-order chi connectivity index (χ1) is 9.20. The number of carbonyl (C=O) groups is 1. The van der Waals surface area contributed by atoms with Gasteiger partial charge in [0.2, 0.25) is 0 Å². The molecule has 2 rings (SSSR count). The third-order valence-corrected chi connectivity index (χ3v) is 2.99. The number of esters is 1. The summed E-state index contributed by atoms with van der Waals surface area (Å²) in [7, 11) is 3.41. The van der Waals surface area contributed by atoms with Gasteiger partial charge in [-0.1, -0.05) is 30.3 Å². The first kappa shape index (κ1) is 13.1. The molecule has 98 valence electrons. The topological polar surface area (TPSA) is 29.5 Å². The SMILES string of the molecule is COC(=O)c1ccc(N(C)Cc2ccccc2)cc1. The van der Waals surface area contributed by atoms with E-state index < -0.39 is 0 Å². The maximum absolute atomic E-state index is 11.3. The van der Waals surface area contributed by atoms with E-state index in [1.54, 1.807) is 12.1 Å². The van der Waals surface area contributed by atoms with Crippen molar-refractivity contribution in [2.75, 3.05) is 19.1 Å². The Morgan fingerprint density at radius 2 is 1.68 bits per heavy atom. The summed E-state index contributed by atoms with van der Waals surface area (Å²) in [6.07, 6.45) is 0. The van der Waals surface area contributed by atoms with Gasteiger partial charge in [-0.3, -0.25) is 0 Å². The third-order valence-electron chi connectivity index (χ3n) is 2.99. The van der Waals surface area contributed by atoms with Gasteiger partial charge in [-0.15, -0.1) is 0 Å². The molecule has 0 atom stereocenters. The molecule has 0 aromatic heterocycles. The van der Waals surface area contributed by atoms with E-state index in [9.17, 15) is 4.79 Å². The van der Waals surface area contributed by atoms with E-state index in [-0.39, 0.29) is 5.97 Å². The van der Waals surface area contributed by atoms with Crippen molar-refractivity contribution in [1.29, 1.82) is 0 Å². The molecule has 0 aliphatic heterocycles. The van der Waals surface area contributed by atoms with Gasteiger partial charge >= 0.3 is 5.97 Å². The Labute approximate surface area is 113 Å². The highest BCUT2D eigenvalue weighted by atomic mass is 16.5. The zero-order valence-corrected chi connectivity index (χ0v) is 11.2. The highest BCUT2D eigenvalue weighted by Gasteiger charge is 2.06. The maximum Gasteiger partial charge on any atom is 0.337 e. The quantitative estimate of drug-likeness (QED) is 0.786. The number of methoxy groups -OCH3 is 1. The molecular weight excluding hydrogens is 238 g/mol. The van der Waals surface area contributed by atoms with Crippen LogP contribution in [0.4, 0.5) is 5.69 Å². The van der Waals surface area contributed by atoms with Crippen LogP contribution in [0, 0.1) is 0 Å². The van der Waals surface area contributed by atoms with Crippen molar-refractivity contribution >= 4 is 11.7 Å². The fraction of sp³-hybridized carbons (Fsp3) is 0.188. The van der Waals surface area contributed by atoms with Crippen LogP contribution in [0.1, 0.15) is 15.9 Å². The summed E-state index contributed by atoms with van der Waals surface area (Å²) in [5, 5.41) is 0. The summed E-state index contributed by atoms with van der Waals surface area (Å²) in [5.41, 5.74) is 2.89. The van der Waals surface area contributed by atoms with Crippen LogP contribution in [0.3, 0.4) is 0 Å². The predicted octanol–water partition coefficient (Wildman–Crippen LogP) is 3.11. The minimum atomic E-state index is -0.308. The monoisotopic (exact) mass is 255 g/mol. The minimum absolute atomic E-state index is 0.308. The molecule has 0 unspecified atom stereocenters. The Bertz CT molecular complexity index is 534. The van der Waals surface area contributed by atoms with Gasteiger partial charge in [-0.2, -0.15) is 0 Å². The molecule has 3 heteroatoms. The van der Waals surface area contributed by atoms with E-state index in [2.05, 4.69) is 21.8 Å². The molecule has 0 fully saturated rings. The van der Waals surface area contributed by atoms with Crippen molar-refractivity contribution in [1.82, 2.24) is 0 Å². The van der Waals surface area contributed by atoms with Crippen LogP contribution >= 0.6 is 0 Å². The molecule has 0 amide bonds. The number of hydrogen-bond acceptors (Lipinski definition) is 3. The van der Waals surface area contributed by atoms with Crippen molar-refractivity contribution in [2.24, 2.45) is 0 Å². The number of benzene rings is 2. The Kier molecular flexibility index (Phi) is 4.18. The van der Waals surface area contributed by atoms with Crippen molar-refractivity contribution in [3.05, 3.63) is 65.7 Å². The summed E-state index contributed by atoms with van der Waals surface area (Å²) in [4.78, 5) is 13.5. The molecule has 0 saturated carbocycles. The van der Waals surface area contributed by atoms with Crippen LogP contribution in [-0.2, 0) is 11.3 Å². The van der Waals surface area contributed by atoms with Gasteiger partial charge in [0.25, 0.3) is 0 Å². The first-order valence-corrected chi connectivity index (χ1v) is 6.14. The van der Waals surface area contributed by atoms with E-state index in [1.165, 1.54) is 12.7 Å². The average molecular weight is 255 g/mol. The van der Waals surface area contributed by atoms with E-state index in [0.29, 0.717) is 5.56 Å². The molecule has 0 aliphatic carbocycles. The van der Waals surface area contributed by atoms with Crippen molar-refractivity contribution < 1.29 is 9.53 Å². The van der Waals surface area contributed by atoms with Crippen molar-refractivity contribution in [3.8, 4) is 0 Å². The van der Waals surface area contributed by atoms with E-state index >= 15 is 0 Å². The first-order valence-electron chi connectivity index (χ1n) is 6.14. The van der Waals surface area contributed by atoms with Crippen LogP contribution < -0.4 is 4.90 Å². The summed E-state index contributed by atoms with van der Waals surface area (Å²) in [5.74, 6) is -0.308. The Hall–Kier alpha value is -2.29. The molecule has 0 aliphatic rings. The number of rotatable bonds is 4. The second kappa shape index (κ2) is 6.05. The molecule has 0 bridgehead atoms. The number of hydrogen-bond donors (Lipinski definition) is 0. The average Bonchev–Trinajstić information content (AvgIpc) is 2.47. The van der Waals surface area contributed by atoms with Gasteiger partial charge in [0.1, 0.15) is 0 Å². The van der Waals surface area contributed by atoms with Crippen molar-refractivity contribution in [3.63, 3.8) is 0 Å². The summed E-state index contributed by atoms with van der Waals surface area (Å²) < 4.78 is 4.68. The molecule has 0 radical (unpaired) electrons. The van der Waals surface area contributed by atoms with E-state index in [1.807, 2.05) is 37.4 Å². The molecule has 2 aromatic rings. The number of nitrogens with zero attached hydrogens (tertiary/aromatic N) is 1. The van der Waals surface area contributed by atoms with Gasteiger partial charge in [0, 0.05) is 19.3 Å². The smallest absolute Gasteiger partial charge is 0.337 e. The highest BCUT2D eigenvalue weighted by Crippen LogP contribution is 2.16. The lowest BCUT2D eigenvalue weighted by Crippen LogP contribution is -2.16. The summed E-state index contributed by atoms with van der Waals surface area (Å²) in [6, 6.07) is 17.7. The fourth-order valence-corrected chi connectivity index (χ4v) is 1.92. The summed E-state index contributed by atoms with van der Waals surface area (Å²) in [6.45, 7) is 0.832. The van der Waals surface area contributed by atoms with Crippen molar-refractivity contribution in [2.45, 2.75) is 6.54 Å².